The number of ether oxygens (including phenoxy) is 2. The van der Waals surface area contributed by atoms with Crippen molar-refractivity contribution in [2.75, 3.05) is 13.7 Å². The molecule has 2 atom stereocenters. The highest BCUT2D eigenvalue weighted by Crippen LogP contribution is 2.24. The third-order valence-corrected chi connectivity index (χ3v) is 3.47. The molecule has 1 aromatic rings. The summed E-state index contributed by atoms with van der Waals surface area (Å²) < 4.78 is 10.9. The van der Waals surface area contributed by atoms with E-state index in [0.29, 0.717) is 0 Å². The molecule has 18 heavy (non-hydrogen) atoms. The lowest BCUT2D eigenvalue weighted by Gasteiger charge is -2.28. The van der Waals surface area contributed by atoms with Crippen LogP contribution in [0.3, 0.4) is 0 Å². The van der Waals surface area contributed by atoms with Crippen LogP contribution in [0.5, 0.6) is 5.75 Å². The van der Waals surface area contributed by atoms with E-state index in [9.17, 15) is 5.11 Å². The van der Waals surface area contributed by atoms with Gasteiger partial charge in [-0.3, -0.25) is 0 Å². The van der Waals surface area contributed by atoms with Crippen molar-refractivity contribution in [3.63, 3.8) is 0 Å². The summed E-state index contributed by atoms with van der Waals surface area (Å²) in [5.74, 6) is 0.849. The standard InChI is InChI=1S/C15H22O3/c1-17-11-10-12-6-8-13(9-7-12)18-15-5-3-2-4-14(15)16/h6-9,14-16H,2-5,10-11H2,1H3/t14-,15-/m1/s1. The van der Waals surface area contributed by atoms with Gasteiger partial charge in [-0.1, -0.05) is 18.6 Å². The predicted molar refractivity (Wildman–Crippen MR) is 70.9 cm³/mol. The molecular formula is C15H22O3. The Balaban J connectivity index is 1.89. The number of aliphatic hydroxyl groups is 1. The average Bonchev–Trinajstić information content (AvgIpc) is 2.41. The van der Waals surface area contributed by atoms with E-state index >= 15 is 0 Å². The van der Waals surface area contributed by atoms with Crippen LogP contribution in [0, 0.1) is 0 Å². The first kappa shape index (κ1) is 13.4. The Bertz CT molecular complexity index is 347. The van der Waals surface area contributed by atoms with Gasteiger partial charge in [-0.2, -0.15) is 0 Å². The van der Waals surface area contributed by atoms with Gasteiger partial charge >= 0.3 is 0 Å². The lowest BCUT2D eigenvalue weighted by atomic mass is 9.95. The van der Waals surface area contributed by atoms with E-state index in [1.165, 1.54) is 5.56 Å². The molecule has 0 bridgehead atoms. The molecule has 1 N–H and O–H groups in total. The first-order chi connectivity index (χ1) is 8.79. The maximum absolute atomic E-state index is 9.86. The van der Waals surface area contributed by atoms with Crippen molar-refractivity contribution in [3.05, 3.63) is 29.8 Å². The van der Waals surface area contributed by atoms with Gasteiger partial charge in [0, 0.05) is 7.11 Å². The second-order valence-electron chi connectivity index (χ2n) is 4.89. The lowest BCUT2D eigenvalue weighted by molar-refractivity contribution is 0.00687. The van der Waals surface area contributed by atoms with Gasteiger partial charge in [0.05, 0.1) is 12.7 Å². The van der Waals surface area contributed by atoms with Crippen LogP contribution >= 0.6 is 0 Å². The first-order valence-electron chi connectivity index (χ1n) is 6.72. The molecule has 1 fully saturated rings. The van der Waals surface area contributed by atoms with Crippen molar-refractivity contribution in [1.29, 1.82) is 0 Å². The highest BCUT2D eigenvalue weighted by molar-refractivity contribution is 5.27. The van der Waals surface area contributed by atoms with Crippen LogP contribution in [-0.4, -0.2) is 31.0 Å². The summed E-state index contributed by atoms with van der Waals surface area (Å²) in [5, 5.41) is 9.86. The van der Waals surface area contributed by atoms with Crippen molar-refractivity contribution in [3.8, 4) is 5.75 Å². The van der Waals surface area contributed by atoms with E-state index in [-0.39, 0.29) is 12.2 Å². The Morgan fingerprint density at radius 1 is 1.17 bits per heavy atom. The number of rotatable bonds is 5. The largest absolute Gasteiger partial charge is 0.488 e. The third kappa shape index (κ3) is 3.72. The van der Waals surface area contributed by atoms with Crippen molar-refractivity contribution >= 4 is 0 Å². The molecule has 1 aliphatic carbocycles. The van der Waals surface area contributed by atoms with Crippen LogP contribution in [0.1, 0.15) is 31.2 Å². The SMILES string of the molecule is COCCc1ccc(O[C@@H]2CCCC[C@H]2O)cc1. The highest BCUT2D eigenvalue weighted by Gasteiger charge is 2.24. The number of hydrogen-bond acceptors (Lipinski definition) is 3. The van der Waals surface area contributed by atoms with Gasteiger partial charge in [-0.15, -0.1) is 0 Å². The maximum atomic E-state index is 9.86. The zero-order chi connectivity index (χ0) is 12.8. The Morgan fingerprint density at radius 2 is 1.89 bits per heavy atom. The van der Waals surface area contributed by atoms with E-state index in [4.69, 9.17) is 9.47 Å². The molecule has 0 radical (unpaired) electrons. The Hall–Kier alpha value is -1.06. The summed E-state index contributed by atoms with van der Waals surface area (Å²) >= 11 is 0. The van der Waals surface area contributed by atoms with Crippen LogP contribution in [-0.2, 0) is 11.2 Å². The molecule has 0 spiro atoms. The Kier molecular flexibility index (Phi) is 5.02. The van der Waals surface area contributed by atoms with E-state index in [2.05, 4.69) is 12.1 Å². The van der Waals surface area contributed by atoms with E-state index < -0.39 is 0 Å². The molecule has 0 heterocycles. The fraction of sp³-hybridized carbons (Fsp3) is 0.600. The summed E-state index contributed by atoms with van der Waals surface area (Å²) in [4.78, 5) is 0. The number of benzene rings is 1. The predicted octanol–water partition coefficient (Wildman–Crippen LogP) is 2.56. The van der Waals surface area contributed by atoms with Gasteiger partial charge < -0.3 is 14.6 Å². The summed E-state index contributed by atoms with van der Waals surface area (Å²) in [6.07, 6.45) is 4.63. The van der Waals surface area contributed by atoms with Gasteiger partial charge in [-0.25, -0.2) is 0 Å². The van der Waals surface area contributed by atoms with Crippen molar-refractivity contribution in [1.82, 2.24) is 0 Å². The molecular weight excluding hydrogens is 228 g/mol. The fourth-order valence-corrected chi connectivity index (χ4v) is 2.34. The second kappa shape index (κ2) is 6.76. The second-order valence-corrected chi connectivity index (χ2v) is 4.89. The van der Waals surface area contributed by atoms with Gasteiger partial charge in [0.25, 0.3) is 0 Å². The zero-order valence-electron chi connectivity index (χ0n) is 11.0. The molecule has 0 amide bonds. The van der Waals surface area contributed by atoms with E-state index in [1.54, 1.807) is 7.11 Å². The quantitative estimate of drug-likeness (QED) is 0.873. The van der Waals surface area contributed by atoms with Crippen molar-refractivity contribution < 1.29 is 14.6 Å². The minimum Gasteiger partial charge on any atom is -0.488 e. The highest BCUT2D eigenvalue weighted by atomic mass is 16.5. The monoisotopic (exact) mass is 250 g/mol. The topological polar surface area (TPSA) is 38.7 Å². The maximum Gasteiger partial charge on any atom is 0.124 e. The Morgan fingerprint density at radius 3 is 2.56 bits per heavy atom. The summed E-state index contributed by atoms with van der Waals surface area (Å²) in [6.45, 7) is 0.738. The van der Waals surface area contributed by atoms with E-state index in [1.807, 2.05) is 12.1 Å². The van der Waals surface area contributed by atoms with Gasteiger partial charge in [0.1, 0.15) is 11.9 Å². The zero-order valence-corrected chi connectivity index (χ0v) is 11.0. The molecule has 0 aromatic heterocycles. The van der Waals surface area contributed by atoms with E-state index in [0.717, 1.165) is 44.5 Å². The lowest BCUT2D eigenvalue weighted by Crippen LogP contribution is -2.34. The molecule has 1 saturated carbocycles. The first-order valence-corrected chi connectivity index (χ1v) is 6.72. The van der Waals surface area contributed by atoms with Gasteiger partial charge in [0.15, 0.2) is 0 Å². The summed E-state index contributed by atoms with van der Waals surface area (Å²) in [6, 6.07) is 8.08. The smallest absolute Gasteiger partial charge is 0.124 e. The molecule has 0 aliphatic heterocycles. The molecule has 3 heteroatoms. The van der Waals surface area contributed by atoms with Gasteiger partial charge in [0.2, 0.25) is 0 Å². The van der Waals surface area contributed by atoms with Crippen LogP contribution in [0.2, 0.25) is 0 Å². The van der Waals surface area contributed by atoms with Crippen molar-refractivity contribution in [2.24, 2.45) is 0 Å². The van der Waals surface area contributed by atoms with Crippen LogP contribution in [0.4, 0.5) is 0 Å². The molecule has 1 aliphatic rings. The molecule has 1 aromatic carbocycles. The van der Waals surface area contributed by atoms with Crippen molar-refractivity contribution in [2.45, 2.75) is 44.3 Å². The van der Waals surface area contributed by atoms with Crippen LogP contribution < -0.4 is 4.74 Å². The third-order valence-electron chi connectivity index (χ3n) is 3.47. The summed E-state index contributed by atoms with van der Waals surface area (Å²) in [5.41, 5.74) is 1.24. The van der Waals surface area contributed by atoms with Gasteiger partial charge in [-0.05, 0) is 43.4 Å². The molecule has 3 nitrogen and oxygen atoms in total. The Labute approximate surface area is 109 Å². The number of hydrogen-bond donors (Lipinski definition) is 1. The molecule has 0 saturated heterocycles. The molecule has 100 valence electrons. The normalized spacial score (nSPS) is 23.9. The minimum atomic E-state index is -0.313. The minimum absolute atomic E-state index is 0.0384. The average molecular weight is 250 g/mol. The fourth-order valence-electron chi connectivity index (χ4n) is 2.34. The van der Waals surface area contributed by atoms with Crippen LogP contribution in [0.25, 0.3) is 0 Å². The molecule has 2 rings (SSSR count). The molecule has 0 unspecified atom stereocenters. The summed E-state index contributed by atoms with van der Waals surface area (Å²) in [7, 11) is 1.71. The van der Waals surface area contributed by atoms with Crippen LogP contribution in [0.15, 0.2) is 24.3 Å². The number of methoxy groups -OCH3 is 1. The number of aliphatic hydroxyl groups excluding tert-OH is 1.